The lowest BCUT2D eigenvalue weighted by atomic mass is 10.2. The van der Waals surface area contributed by atoms with Crippen LogP contribution in [0.1, 0.15) is 18.9 Å². The van der Waals surface area contributed by atoms with Gasteiger partial charge < -0.3 is 10.6 Å². The minimum atomic E-state index is -3.82. The normalized spacial score (nSPS) is 12.3. The molecule has 0 saturated heterocycles. The number of halogens is 1. The molecule has 1 unspecified atom stereocenters. The Balaban J connectivity index is 0.00000364. The van der Waals surface area contributed by atoms with E-state index in [1.807, 2.05) is 30.3 Å². The van der Waals surface area contributed by atoms with Gasteiger partial charge in [0.15, 0.2) is 0 Å². The number of sulfonamides is 1. The van der Waals surface area contributed by atoms with Gasteiger partial charge >= 0.3 is 0 Å². The summed E-state index contributed by atoms with van der Waals surface area (Å²) < 4.78 is 28.6. The molecule has 0 spiro atoms. The number of hydrogen-bond acceptors (Lipinski definition) is 5. The first kappa shape index (κ1) is 23.1. The van der Waals surface area contributed by atoms with E-state index in [1.165, 1.54) is 24.0 Å². The molecule has 0 aliphatic rings. The number of nitrogens with zero attached hydrogens (tertiary/aromatic N) is 3. The van der Waals surface area contributed by atoms with Crippen LogP contribution >= 0.6 is 12.4 Å². The number of nitrogens with one attached hydrogen (secondary N) is 1. The van der Waals surface area contributed by atoms with Gasteiger partial charge in [0.25, 0.3) is 0 Å². The van der Waals surface area contributed by atoms with Crippen LogP contribution in [-0.2, 0) is 28.4 Å². The van der Waals surface area contributed by atoms with Crippen LogP contribution in [0.3, 0.4) is 0 Å². The summed E-state index contributed by atoms with van der Waals surface area (Å²) in [5.41, 5.74) is 6.54. The predicted octanol–water partition coefficient (Wildman–Crippen LogP) is 0.886. The molecule has 2 aromatic rings. The van der Waals surface area contributed by atoms with Crippen LogP contribution in [0.25, 0.3) is 0 Å². The van der Waals surface area contributed by atoms with Crippen molar-refractivity contribution in [2.24, 2.45) is 12.8 Å². The van der Waals surface area contributed by atoms with Crippen molar-refractivity contribution in [2.75, 3.05) is 13.1 Å². The minimum Gasteiger partial charge on any atom is -0.337 e. The molecule has 150 valence electrons. The third-order valence-electron chi connectivity index (χ3n) is 3.85. The van der Waals surface area contributed by atoms with Gasteiger partial charge in [-0.2, -0.15) is 9.82 Å². The van der Waals surface area contributed by atoms with Crippen molar-refractivity contribution in [3.05, 3.63) is 48.3 Å². The summed E-state index contributed by atoms with van der Waals surface area (Å²) in [7, 11) is -2.19. The fourth-order valence-corrected chi connectivity index (χ4v) is 3.70. The van der Waals surface area contributed by atoms with Crippen molar-refractivity contribution in [3.8, 4) is 0 Å². The summed E-state index contributed by atoms with van der Waals surface area (Å²) in [6, 6.07) is 8.65. The SMILES string of the molecule is CC(NS(=O)(=O)c1cnn(C)c1)C(=O)N(CCCN)Cc1ccccc1.Cl. The van der Waals surface area contributed by atoms with Gasteiger partial charge in [-0.05, 0) is 25.5 Å². The second-order valence-electron chi connectivity index (χ2n) is 6.08. The Labute approximate surface area is 166 Å². The van der Waals surface area contributed by atoms with Crippen molar-refractivity contribution < 1.29 is 13.2 Å². The third-order valence-corrected chi connectivity index (χ3v) is 5.35. The minimum absolute atomic E-state index is 0. The van der Waals surface area contributed by atoms with E-state index >= 15 is 0 Å². The van der Waals surface area contributed by atoms with Crippen molar-refractivity contribution in [1.29, 1.82) is 0 Å². The maximum Gasteiger partial charge on any atom is 0.244 e. The first-order valence-electron chi connectivity index (χ1n) is 8.37. The van der Waals surface area contributed by atoms with Crippen LogP contribution < -0.4 is 10.5 Å². The van der Waals surface area contributed by atoms with Gasteiger partial charge in [-0.25, -0.2) is 8.42 Å². The van der Waals surface area contributed by atoms with E-state index in [4.69, 9.17) is 5.73 Å². The second kappa shape index (κ2) is 10.4. The fourth-order valence-electron chi connectivity index (χ4n) is 2.52. The van der Waals surface area contributed by atoms with Gasteiger partial charge in [0, 0.05) is 26.3 Å². The van der Waals surface area contributed by atoms with Crippen LogP contribution in [-0.4, -0.2) is 48.1 Å². The van der Waals surface area contributed by atoms with E-state index in [0.29, 0.717) is 26.1 Å². The Kier molecular flexibility index (Phi) is 8.91. The van der Waals surface area contributed by atoms with Crippen LogP contribution in [0, 0.1) is 0 Å². The monoisotopic (exact) mass is 415 g/mol. The van der Waals surface area contributed by atoms with Crippen molar-refractivity contribution in [1.82, 2.24) is 19.4 Å². The van der Waals surface area contributed by atoms with Gasteiger partial charge in [-0.15, -0.1) is 12.4 Å². The molecular weight excluding hydrogens is 390 g/mol. The van der Waals surface area contributed by atoms with Crippen LogP contribution in [0.2, 0.25) is 0 Å². The Morgan fingerprint density at radius 3 is 2.56 bits per heavy atom. The summed E-state index contributed by atoms with van der Waals surface area (Å²) in [5, 5.41) is 3.85. The molecule has 1 atom stereocenters. The molecular formula is C17H26ClN5O3S. The average molecular weight is 416 g/mol. The molecule has 0 fully saturated rings. The van der Waals surface area contributed by atoms with Crippen molar-refractivity contribution in [3.63, 3.8) is 0 Å². The van der Waals surface area contributed by atoms with Crippen molar-refractivity contribution in [2.45, 2.75) is 30.8 Å². The first-order chi connectivity index (χ1) is 12.3. The smallest absolute Gasteiger partial charge is 0.244 e. The zero-order chi connectivity index (χ0) is 19.2. The van der Waals surface area contributed by atoms with Crippen LogP contribution in [0.5, 0.6) is 0 Å². The maximum atomic E-state index is 12.8. The molecule has 1 heterocycles. The quantitative estimate of drug-likeness (QED) is 0.631. The standard InChI is InChI=1S/C17H25N5O3S.ClH/c1-14(20-26(24,25)16-11-19-21(2)13-16)17(23)22(10-6-9-18)12-15-7-4-3-5-8-15;/h3-5,7-8,11,13-14,20H,6,9-10,12,18H2,1-2H3;1H. The molecule has 2 rings (SSSR count). The summed E-state index contributed by atoms with van der Waals surface area (Å²) in [6.45, 7) is 2.85. The van der Waals surface area contributed by atoms with E-state index in [-0.39, 0.29) is 23.2 Å². The molecule has 27 heavy (non-hydrogen) atoms. The van der Waals surface area contributed by atoms with E-state index in [1.54, 1.807) is 11.9 Å². The molecule has 1 amide bonds. The number of amides is 1. The first-order valence-corrected chi connectivity index (χ1v) is 9.85. The number of carbonyl (C=O) groups excluding carboxylic acids is 1. The van der Waals surface area contributed by atoms with E-state index < -0.39 is 16.1 Å². The highest BCUT2D eigenvalue weighted by atomic mass is 35.5. The molecule has 0 saturated carbocycles. The maximum absolute atomic E-state index is 12.8. The van der Waals surface area contributed by atoms with E-state index in [2.05, 4.69) is 9.82 Å². The highest BCUT2D eigenvalue weighted by Crippen LogP contribution is 2.10. The molecule has 0 aliphatic heterocycles. The summed E-state index contributed by atoms with van der Waals surface area (Å²) >= 11 is 0. The highest BCUT2D eigenvalue weighted by molar-refractivity contribution is 7.89. The number of rotatable bonds is 9. The largest absolute Gasteiger partial charge is 0.337 e. The lowest BCUT2D eigenvalue weighted by Gasteiger charge is -2.26. The summed E-state index contributed by atoms with van der Waals surface area (Å²) in [6.07, 6.45) is 3.27. The molecule has 8 nitrogen and oxygen atoms in total. The van der Waals surface area contributed by atoms with Crippen LogP contribution in [0.15, 0.2) is 47.6 Å². The Bertz CT molecular complexity index is 826. The molecule has 3 N–H and O–H groups in total. The molecule has 10 heteroatoms. The Morgan fingerprint density at radius 2 is 2.00 bits per heavy atom. The van der Waals surface area contributed by atoms with Gasteiger partial charge in [0.1, 0.15) is 4.90 Å². The van der Waals surface area contributed by atoms with Gasteiger partial charge in [-0.3, -0.25) is 9.48 Å². The number of hydrogen-bond donors (Lipinski definition) is 2. The van der Waals surface area contributed by atoms with Crippen LogP contribution in [0.4, 0.5) is 0 Å². The fraction of sp³-hybridized carbons (Fsp3) is 0.412. The summed E-state index contributed by atoms with van der Waals surface area (Å²) in [4.78, 5) is 14.5. The molecule has 0 bridgehead atoms. The highest BCUT2D eigenvalue weighted by Gasteiger charge is 2.26. The zero-order valence-corrected chi connectivity index (χ0v) is 17.0. The number of aryl methyl sites for hydroxylation is 1. The van der Waals surface area contributed by atoms with E-state index in [9.17, 15) is 13.2 Å². The number of nitrogens with two attached hydrogens (primary N) is 1. The third kappa shape index (κ3) is 6.62. The van der Waals surface area contributed by atoms with Gasteiger partial charge in [-0.1, -0.05) is 30.3 Å². The Hall–Kier alpha value is -1.94. The number of carbonyl (C=O) groups is 1. The lowest BCUT2D eigenvalue weighted by Crippen LogP contribution is -2.47. The second-order valence-corrected chi connectivity index (χ2v) is 7.79. The molecule has 1 aromatic heterocycles. The predicted molar refractivity (Wildman–Crippen MR) is 106 cm³/mol. The molecule has 0 radical (unpaired) electrons. The Morgan fingerprint density at radius 1 is 1.33 bits per heavy atom. The van der Waals surface area contributed by atoms with E-state index in [0.717, 1.165) is 5.56 Å². The molecule has 0 aliphatic carbocycles. The lowest BCUT2D eigenvalue weighted by molar-refractivity contribution is -0.133. The van der Waals surface area contributed by atoms with Crippen molar-refractivity contribution >= 4 is 28.3 Å². The topological polar surface area (TPSA) is 110 Å². The van der Waals surface area contributed by atoms with Gasteiger partial charge in [0.2, 0.25) is 15.9 Å². The number of aromatic nitrogens is 2. The number of benzene rings is 1. The average Bonchev–Trinajstić information content (AvgIpc) is 3.06. The van der Waals surface area contributed by atoms with Gasteiger partial charge in [0.05, 0.1) is 12.2 Å². The zero-order valence-electron chi connectivity index (χ0n) is 15.4. The summed E-state index contributed by atoms with van der Waals surface area (Å²) in [5.74, 6) is -0.297. The molecule has 1 aromatic carbocycles.